The summed E-state index contributed by atoms with van der Waals surface area (Å²) >= 11 is 0. The van der Waals surface area contributed by atoms with E-state index in [4.69, 9.17) is 11.1 Å². The van der Waals surface area contributed by atoms with Gasteiger partial charge in [-0.05, 0) is 52.0 Å². The number of nitrogens with one attached hydrogen (secondary N) is 4. The van der Waals surface area contributed by atoms with Crippen LogP contribution in [-0.2, 0) is 14.4 Å². The SMILES string of the molecule is CNC1CCCC2CCC(C(=O)N[C@H](C=O)CCCNC(=N)N)N2C1=O. The van der Waals surface area contributed by atoms with E-state index in [9.17, 15) is 14.4 Å². The van der Waals surface area contributed by atoms with Crippen LogP contribution in [0, 0.1) is 5.41 Å². The highest BCUT2D eigenvalue weighted by Gasteiger charge is 2.44. The summed E-state index contributed by atoms with van der Waals surface area (Å²) in [6.07, 6.45) is 5.91. The van der Waals surface area contributed by atoms with E-state index in [2.05, 4.69) is 16.0 Å². The molecule has 0 radical (unpaired) electrons. The number of amides is 2. The standard InChI is InChI=1S/C17H30N6O3/c1-20-13-6-2-5-12-7-8-14(23(12)16(13)26)15(25)22-11(10-24)4-3-9-21-17(18)19/h10-14,20H,2-9H2,1H3,(H,22,25)(H4,18,19,21)/t11-,12?,13?,14?/m0/s1. The number of hydrogen-bond acceptors (Lipinski definition) is 5. The van der Waals surface area contributed by atoms with Crippen LogP contribution in [0.25, 0.3) is 0 Å². The molecule has 0 spiro atoms. The Morgan fingerprint density at radius 1 is 1.38 bits per heavy atom. The zero-order valence-corrected chi connectivity index (χ0v) is 15.3. The lowest BCUT2D eigenvalue weighted by molar-refractivity contribution is -0.141. The van der Waals surface area contributed by atoms with Crippen molar-refractivity contribution in [1.29, 1.82) is 5.41 Å². The monoisotopic (exact) mass is 366 g/mol. The molecule has 4 atom stereocenters. The molecule has 6 N–H and O–H groups in total. The average Bonchev–Trinajstić information content (AvgIpc) is 2.97. The smallest absolute Gasteiger partial charge is 0.243 e. The topological polar surface area (TPSA) is 140 Å². The maximum atomic E-state index is 12.8. The van der Waals surface area contributed by atoms with E-state index in [0.29, 0.717) is 25.8 Å². The van der Waals surface area contributed by atoms with E-state index in [-0.39, 0.29) is 29.9 Å². The van der Waals surface area contributed by atoms with Crippen LogP contribution < -0.4 is 21.7 Å². The Balaban J connectivity index is 1.93. The fourth-order valence-electron chi connectivity index (χ4n) is 3.88. The number of hydrogen-bond donors (Lipinski definition) is 5. The third kappa shape index (κ3) is 4.94. The minimum atomic E-state index is -0.600. The van der Waals surface area contributed by atoms with Gasteiger partial charge in [-0.1, -0.05) is 0 Å². The summed E-state index contributed by atoms with van der Waals surface area (Å²) in [5, 5.41) is 15.6. The Bertz CT molecular complexity index is 541. The molecule has 2 aliphatic heterocycles. The summed E-state index contributed by atoms with van der Waals surface area (Å²) in [7, 11) is 1.77. The normalized spacial score (nSPS) is 26.6. The molecular weight excluding hydrogens is 336 g/mol. The van der Waals surface area contributed by atoms with E-state index < -0.39 is 12.1 Å². The van der Waals surface area contributed by atoms with Crippen LogP contribution in [0.15, 0.2) is 0 Å². The average molecular weight is 366 g/mol. The van der Waals surface area contributed by atoms with E-state index in [0.717, 1.165) is 32.0 Å². The second kappa shape index (κ2) is 9.51. The van der Waals surface area contributed by atoms with E-state index in [1.165, 1.54) is 0 Å². The third-order valence-electron chi connectivity index (χ3n) is 5.24. The summed E-state index contributed by atoms with van der Waals surface area (Å²) in [4.78, 5) is 38.5. The van der Waals surface area contributed by atoms with Crippen molar-refractivity contribution in [3.8, 4) is 0 Å². The number of aldehydes is 1. The predicted octanol–water partition coefficient (Wildman–Crippen LogP) is -0.935. The van der Waals surface area contributed by atoms with Gasteiger partial charge in [-0.2, -0.15) is 0 Å². The van der Waals surface area contributed by atoms with Crippen molar-refractivity contribution in [2.45, 2.75) is 69.1 Å². The van der Waals surface area contributed by atoms with Crippen LogP contribution in [0.2, 0.25) is 0 Å². The quantitative estimate of drug-likeness (QED) is 0.163. The van der Waals surface area contributed by atoms with Gasteiger partial charge in [0.1, 0.15) is 12.3 Å². The lowest BCUT2D eigenvalue weighted by atomic mass is 10.1. The molecule has 26 heavy (non-hydrogen) atoms. The molecule has 2 fully saturated rings. The molecule has 2 amide bonds. The number of nitrogens with two attached hydrogens (primary N) is 1. The molecule has 0 saturated carbocycles. The minimum absolute atomic E-state index is 0.0130. The highest BCUT2D eigenvalue weighted by atomic mass is 16.2. The largest absolute Gasteiger partial charge is 0.370 e. The van der Waals surface area contributed by atoms with Gasteiger partial charge in [-0.3, -0.25) is 15.0 Å². The summed E-state index contributed by atoms with van der Waals surface area (Å²) in [5.41, 5.74) is 5.21. The molecule has 3 unspecified atom stereocenters. The Morgan fingerprint density at radius 2 is 2.15 bits per heavy atom. The molecule has 2 rings (SSSR count). The first-order chi connectivity index (χ1) is 12.5. The molecule has 0 bridgehead atoms. The second-order valence-corrected chi connectivity index (χ2v) is 7.00. The van der Waals surface area contributed by atoms with Gasteiger partial charge in [0.2, 0.25) is 11.8 Å². The first kappa shape index (κ1) is 20.2. The number of guanidine groups is 1. The van der Waals surface area contributed by atoms with E-state index >= 15 is 0 Å². The van der Waals surface area contributed by atoms with Gasteiger partial charge in [0, 0.05) is 12.6 Å². The third-order valence-corrected chi connectivity index (χ3v) is 5.24. The van der Waals surface area contributed by atoms with Gasteiger partial charge in [0.15, 0.2) is 5.96 Å². The summed E-state index contributed by atoms with van der Waals surface area (Å²) in [6, 6.07) is -1.23. The van der Waals surface area contributed by atoms with Gasteiger partial charge in [0.25, 0.3) is 0 Å². The molecule has 0 aliphatic carbocycles. The lowest BCUT2D eigenvalue weighted by Gasteiger charge is -2.30. The van der Waals surface area contributed by atoms with Crippen LogP contribution in [0.1, 0.15) is 44.9 Å². The Labute approximate surface area is 153 Å². The van der Waals surface area contributed by atoms with Gasteiger partial charge in [-0.25, -0.2) is 0 Å². The number of likely N-dealkylation sites (N-methyl/N-ethyl adjacent to an activating group) is 1. The molecule has 0 aromatic heterocycles. The maximum Gasteiger partial charge on any atom is 0.243 e. The van der Waals surface area contributed by atoms with E-state index in [1.54, 1.807) is 11.9 Å². The van der Waals surface area contributed by atoms with Crippen LogP contribution in [0.5, 0.6) is 0 Å². The lowest BCUT2D eigenvalue weighted by Crippen LogP contribution is -2.54. The second-order valence-electron chi connectivity index (χ2n) is 7.00. The zero-order chi connectivity index (χ0) is 19.1. The molecule has 146 valence electrons. The van der Waals surface area contributed by atoms with Crippen LogP contribution >= 0.6 is 0 Å². The minimum Gasteiger partial charge on any atom is -0.370 e. The number of carbonyl (C=O) groups excluding carboxylic acids is 3. The fourth-order valence-corrected chi connectivity index (χ4v) is 3.88. The molecule has 9 nitrogen and oxygen atoms in total. The van der Waals surface area contributed by atoms with Gasteiger partial charge in [-0.15, -0.1) is 0 Å². The number of carbonyl (C=O) groups is 3. The van der Waals surface area contributed by atoms with Crippen molar-refractivity contribution in [2.24, 2.45) is 5.73 Å². The predicted molar refractivity (Wildman–Crippen MR) is 97.5 cm³/mol. The highest BCUT2D eigenvalue weighted by molar-refractivity contribution is 5.91. The van der Waals surface area contributed by atoms with Crippen LogP contribution in [0.4, 0.5) is 0 Å². The molecule has 2 aliphatic rings. The Hall–Kier alpha value is -2.16. The van der Waals surface area contributed by atoms with Gasteiger partial charge < -0.3 is 31.4 Å². The molecule has 0 aromatic carbocycles. The molecule has 9 heteroatoms. The van der Waals surface area contributed by atoms with Crippen molar-refractivity contribution in [2.75, 3.05) is 13.6 Å². The van der Waals surface area contributed by atoms with Crippen LogP contribution in [-0.4, -0.2) is 66.7 Å². The number of fused-ring (bicyclic) bond motifs is 1. The van der Waals surface area contributed by atoms with Gasteiger partial charge in [0.05, 0.1) is 12.1 Å². The molecule has 2 heterocycles. The number of rotatable bonds is 8. The highest BCUT2D eigenvalue weighted by Crippen LogP contribution is 2.31. The zero-order valence-electron chi connectivity index (χ0n) is 15.3. The van der Waals surface area contributed by atoms with Gasteiger partial charge >= 0.3 is 0 Å². The van der Waals surface area contributed by atoms with Crippen molar-refractivity contribution < 1.29 is 14.4 Å². The van der Waals surface area contributed by atoms with E-state index in [1.807, 2.05) is 0 Å². The van der Waals surface area contributed by atoms with Crippen molar-refractivity contribution in [3.05, 3.63) is 0 Å². The first-order valence-corrected chi connectivity index (χ1v) is 9.31. The first-order valence-electron chi connectivity index (χ1n) is 9.31. The maximum absolute atomic E-state index is 12.8. The summed E-state index contributed by atoms with van der Waals surface area (Å²) in [5.74, 6) is -0.386. The Morgan fingerprint density at radius 3 is 2.81 bits per heavy atom. The molecular formula is C17H30N6O3. The summed E-state index contributed by atoms with van der Waals surface area (Å²) < 4.78 is 0. The molecule has 2 saturated heterocycles. The van der Waals surface area contributed by atoms with Crippen molar-refractivity contribution in [3.63, 3.8) is 0 Å². The summed E-state index contributed by atoms with van der Waals surface area (Å²) in [6.45, 7) is 0.468. The van der Waals surface area contributed by atoms with Crippen LogP contribution in [0.3, 0.4) is 0 Å². The molecule has 0 aromatic rings. The van der Waals surface area contributed by atoms with Crippen molar-refractivity contribution >= 4 is 24.1 Å². The number of nitrogens with zero attached hydrogens (tertiary/aromatic N) is 1. The van der Waals surface area contributed by atoms with Crippen molar-refractivity contribution in [1.82, 2.24) is 20.9 Å². The fraction of sp³-hybridized carbons (Fsp3) is 0.765. The Kier molecular flexibility index (Phi) is 7.38.